The van der Waals surface area contributed by atoms with E-state index in [-0.39, 0.29) is 41.2 Å². The number of pyridine rings is 1. The molecular weight excluding hydrogens is 438 g/mol. The van der Waals surface area contributed by atoms with Crippen molar-refractivity contribution < 1.29 is 15.0 Å². The van der Waals surface area contributed by atoms with Gasteiger partial charge in [-0.25, -0.2) is 0 Å². The summed E-state index contributed by atoms with van der Waals surface area (Å²) in [7, 11) is 0. The van der Waals surface area contributed by atoms with Crippen LogP contribution in [0.3, 0.4) is 0 Å². The van der Waals surface area contributed by atoms with Gasteiger partial charge in [-0.2, -0.15) is 0 Å². The largest absolute Gasteiger partial charge is 0.506 e. The van der Waals surface area contributed by atoms with Gasteiger partial charge in [0, 0.05) is 35.1 Å². The van der Waals surface area contributed by atoms with Gasteiger partial charge < -0.3 is 21.3 Å². The van der Waals surface area contributed by atoms with Gasteiger partial charge in [0.1, 0.15) is 5.75 Å². The average Bonchev–Trinajstić information content (AvgIpc) is 2.81. The molecule has 6 nitrogen and oxygen atoms in total. The molecule has 1 saturated carbocycles. The van der Waals surface area contributed by atoms with Crippen molar-refractivity contribution in [2.75, 3.05) is 5.32 Å². The van der Waals surface area contributed by atoms with Gasteiger partial charge in [-0.1, -0.05) is 31.5 Å². The van der Waals surface area contributed by atoms with Gasteiger partial charge >= 0.3 is 0 Å². The van der Waals surface area contributed by atoms with Crippen LogP contribution in [0.1, 0.15) is 55.5 Å². The van der Waals surface area contributed by atoms with Crippen molar-refractivity contribution in [2.45, 2.75) is 58.2 Å². The van der Waals surface area contributed by atoms with E-state index in [1.54, 1.807) is 18.3 Å². The smallest absolute Gasteiger partial charge is 0.169 e. The van der Waals surface area contributed by atoms with E-state index in [4.69, 9.17) is 17.3 Å². The number of fused-ring (bicyclic) bond motifs is 1. The Morgan fingerprint density at radius 1 is 1.18 bits per heavy atom. The minimum Gasteiger partial charge on any atom is -0.506 e. The maximum Gasteiger partial charge on any atom is 0.169 e. The third-order valence-corrected chi connectivity index (χ3v) is 6.71. The highest BCUT2D eigenvalue weighted by atomic mass is 35.5. The molecule has 174 valence electrons. The molecule has 0 bridgehead atoms. The molecule has 1 aliphatic rings. The highest BCUT2D eigenvalue weighted by molar-refractivity contribution is 6.32. The second-order valence-corrected chi connectivity index (χ2v) is 9.58. The van der Waals surface area contributed by atoms with Gasteiger partial charge in [0.05, 0.1) is 28.4 Å². The first-order valence-corrected chi connectivity index (χ1v) is 11.8. The Labute approximate surface area is 198 Å². The Morgan fingerprint density at radius 2 is 1.91 bits per heavy atom. The van der Waals surface area contributed by atoms with Crippen LogP contribution in [0, 0.1) is 5.92 Å². The summed E-state index contributed by atoms with van der Waals surface area (Å²) in [6, 6.07) is 9.68. The Kier molecular flexibility index (Phi) is 6.88. The van der Waals surface area contributed by atoms with Crippen LogP contribution < -0.4 is 11.1 Å². The first-order chi connectivity index (χ1) is 15.8. The zero-order valence-electron chi connectivity index (χ0n) is 18.9. The van der Waals surface area contributed by atoms with Crippen LogP contribution in [0.2, 0.25) is 5.02 Å². The monoisotopic (exact) mass is 467 g/mol. The number of aromatic nitrogens is 1. The summed E-state index contributed by atoms with van der Waals surface area (Å²) in [6.45, 7) is 3.46. The first kappa shape index (κ1) is 23.5. The Morgan fingerprint density at radius 3 is 2.58 bits per heavy atom. The molecule has 0 saturated heterocycles. The van der Waals surface area contributed by atoms with Crippen molar-refractivity contribution in [1.82, 2.24) is 4.98 Å². The van der Waals surface area contributed by atoms with Gasteiger partial charge in [0.15, 0.2) is 5.78 Å². The minimum atomic E-state index is -0.321. The average molecular weight is 468 g/mol. The number of phenols is 1. The van der Waals surface area contributed by atoms with Gasteiger partial charge in [0.2, 0.25) is 0 Å². The molecule has 1 fully saturated rings. The van der Waals surface area contributed by atoms with Crippen LogP contribution >= 0.6 is 11.6 Å². The number of halogens is 1. The van der Waals surface area contributed by atoms with Crippen LogP contribution in [0.25, 0.3) is 22.0 Å². The number of aliphatic hydroxyl groups is 1. The molecule has 2 aromatic carbocycles. The van der Waals surface area contributed by atoms with Crippen molar-refractivity contribution >= 4 is 34.0 Å². The van der Waals surface area contributed by atoms with Gasteiger partial charge in [-0.05, 0) is 61.1 Å². The molecule has 0 spiro atoms. The fraction of sp³-hybridized carbons (Fsp3) is 0.385. The number of carbonyl (C=O) groups excluding carboxylic acids is 1. The van der Waals surface area contributed by atoms with Crippen molar-refractivity contribution in [3.63, 3.8) is 0 Å². The summed E-state index contributed by atoms with van der Waals surface area (Å²) in [5.74, 6) is -0.233. The fourth-order valence-corrected chi connectivity index (χ4v) is 4.68. The number of carbonyl (C=O) groups is 1. The highest BCUT2D eigenvalue weighted by Crippen LogP contribution is 2.37. The maximum absolute atomic E-state index is 13.1. The van der Waals surface area contributed by atoms with Crippen LogP contribution in [0.5, 0.6) is 5.75 Å². The number of hydrogen-bond acceptors (Lipinski definition) is 6. The molecule has 5 N–H and O–H groups in total. The molecule has 0 amide bonds. The van der Waals surface area contributed by atoms with Crippen molar-refractivity contribution in [2.24, 2.45) is 11.7 Å². The maximum atomic E-state index is 13.1. The molecule has 0 aliphatic heterocycles. The predicted octanol–water partition coefficient (Wildman–Crippen LogP) is 5.27. The number of aliphatic hydroxyl groups excluding tert-OH is 1. The molecule has 1 aliphatic carbocycles. The van der Waals surface area contributed by atoms with Crippen molar-refractivity contribution in [1.29, 1.82) is 0 Å². The van der Waals surface area contributed by atoms with Crippen LogP contribution in [0.15, 0.2) is 36.5 Å². The van der Waals surface area contributed by atoms with Gasteiger partial charge in [0.25, 0.3) is 0 Å². The predicted molar refractivity (Wildman–Crippen MR) is 133 cm³/mol. The highest BCUT2D eigenvalue weighted by Gasteiger charge is 2.24. The number of ketones is 1. The third-order valence-electron chi connectivity index (χ3n) is 6.42. The minimum absolute atomic E-state index is 0.0417. The number of anilines is 1. The summed E-state index contributed by atoms with van der Waals surface area (Å²) in [5, 5.41) is 24.3. The number of benzene rings is 2. The number of Topliss-reactive ketones (excluding diaryl/α,β-unsaturated/α-hetero) is 1. The normalized spacial score (nSPS) is 18.6. The van der Waals surface area contributed by atoms with Crippen LogP contribution in [-0.2, 0) is 6.61 Å². The molecular formula is C26H30ClN3O3. The Hall–Kier alpha value is -2.67. The summed E-state index contributed by atoms with van der Waals surface area (Å²) >= 11 is 6.20. The van der Waals surface area contributed by atoms with E-state index in [1.165, 1.54) is 0 Å². The summed E-state index contributed by atoms with van der Waals surface area (Å²) in [5.41, 5.74) is 10.2. The summed E-state index contributed by atoms with van der Waals surface area (Å²) in [6.07, 6.45) is 5.48. The van der Waals surface area contributed by atoms with E-state index in [9.17, 15) is 15.0 Å². The number of nitrogens with zero attached hydrogens (tertiary/aromatic N) is 1. The van der Waals surface area contributed by atoms with E-state index in [2.05, 4.69) is 10.3 Å². The van der Waals surface area contributed by atoms with Crippen molar-refractivity contribution in [3.8, 4) is 16.9 Å². The summed E-state index contributed by atoms with van der Waals surface area (Å²) in [4.78, 5) is 17.6. The lowest BCUT2D eigenvalue weighted by Gasteiger charge is -2.29. The Bertz CT molecular complexity index is 1190. The second-order valence-electron chi connectivity index (χ2n) is 9.18. The molecule has 0 unspecified atom stereocenters. The Balaban J connectivity index is 1.85. The number of nitrogens with two attached hydrogens (primary N) is 1. The van der Waals surface area contributed by atoms with Gasteiger partial charge in [-0.15, -0.1) is 0 Å². The SMILES string of the molecule is CC(C)C(=O)c1cnc2ccc(-c3cc(Cl)c(O)c(CO)c3)cc2c1NC1CCC(N)CC1. The second kappa shape index (κ2) is 9.67. The molecule has 0 atom stereocenters. The van der Waals surface area contributed by atoms with E-state index in [0.29, 0.717) is 11.1 Å². The molecule has 33 heavy (non-hydrogen) atoms. The lowest BCUT2D eigenvalue weighted by molar-refractivity contribution is 0.0940. The van der Waals surface area contributed by atoms with E-state index >= 15 is 0 Å². The number of rotatable bonds is 6. The fourth-order valence-electron chi connectivity index (χ4n) is 4.44. The molecule has 4 rings (SSSR count). The molecule has 3 aromatic rings. The third kappa shape index (κ3) is 4.83. The zero-order valence-corrected chi connectivity index (χ0v) is 19.7. The topological polar surface area (TPSA) is 108 Å². The van der Waals surface area contributed by atoms with Crippen LogP contribution in [-0.4, -0.2) is 33.1 Å². The lowest BCUT2D eigenvalue weighted by atomic mass is 9.90. The first-order valence-electron chi connectivity index (χ1n) is 11.4. The van der Waals surface area contributed by atoms with Gasteiger partial charge in [-0.3, -0.25) is 9.78 Å². The van der Waals surface area contributed by atoms with E-state index in [1.807, 2.05) is 32.0 Å². The molecule has 7 heteroatoms. The lowest BCUT2D eigenvalue weighted by Crippen LogP contribution is -2.33. The van der Waals surface area contributed by atoms with Crippen LogP contribution in [0.4, 0.5) is 5.69 Å². The number of nitrogens with one attached hydrogen (secondary N) is 1. The van der Waals surface area contributed by atoms with E-state index < -0.39 is 0 Å². The van der Waals surface area contributed by atoms with E-state index in [0.717, 1.165) is 53.4 Å². The van der Waals surface area contributed by atoms with Crippen molar-refractivity contribution in [3.05, 3.63) is 52.7 Å². The zero-order chi connectivity index (χ0) is 23.7. The number of aromatic hydroxyl groups is 1. The molecule has 0 radical (unpaired) electrons. The number of hydrogen-bond donors (Lipinski definition) is 4. The quantitative estimate of drug-likeness (QED) is 0.367. The summed E-state index contributed by atoms with van der Waals surface area (Å²) < 4.78 is 0. The standard InChI is InChI=1S/C26H30ClN3O3/c1-14(2)25(32)21-12-29-23-8-3-15(16-9-17(13-31)26(33)22(27)11-16)10-20(23)24(21)30-19-6-4-18(28)5-7-19/h3,8-12,14,18-19,31,33H,4-7,13,28H2,1-2H3,(H,29,30). The molecule has 1 heterocycles. The molecule has 1 aromatic heterocycles.